The molecule has 0 saturated carbocycles. The molecule has 0 aliphatic carbocycles. The van der Waals surface area contributed by atoms with Crippen LogP contribution in [0.3, 0.4) is 0 Å². The van der Waals surface area contributed by atoms with Crippen LogP contribution in [0.2, 0.25) is 0 Å². The number of carbonyl (C=O) groups is 1. The van der Waals surface area contributed by atoms with Crippen LogP contribution in [0, 0.1) is 5.82 Å². The molecule has 0 radical (unpaired) electrons. The summed E-state index contributed by atoms with van der Waals surface area (Å²) in [5, 5.41) is 4.81. The topological polar surface area (TPSA) is 69.3 Å². The van der Waals surface area contributed by atoms with E-state index in [9.17, 15) is 9.18 Å². The lowest BCUT2D eigenvalue weighted by Crippen LogP contribution is -2.34. The first-order valence-corrected chi connectivity index (χ1v) is 10.1. The Morgan fingerprint density at radius 2 is 1.94 bits per heavy atom. The third-order valence-corrected chi connectivity index (χ3v) is 5.32. The van der Waals surface area contributed by atoms with E-state index in [1.807, 2.05) is 43.4 Å². The fourth-order valence-electron chi connectivity index (χ4n) is 3.78. The van der Waals surface area contributed by atoms with Crippen molar-refractivity contribution in [3.8, 4) is 5.75 Å². The van der Waals surface area contributed by atoms with Crippen molar-refractivity contribution >= 4 is 27.8 Å². The highest BCUT2D eigenvalue weighted by Gasteiger charge is 2.21. The number of benzene rings is 3. The summed E-state index contributed by atoms with van der Waals surface area (Å²) in [6, 6.07) is 18.7. The molecule has 7 heteroatoms. The van der Waals surface area contributed by atoms with Crippen molar-refractivity contribution in [2.45, 2.75) is 6.04 Å². The Balaban J connectivity index is 1.34. The number of para-hydroxylation sites is 1. The quantitative estimate of drug-likeness (QED) is 0.423. The van der Waals surface area contributed by atoms with Crippen molar-refractivity contribution in [3.05, 3.63) is 96.3 Å². The minimum atomic E-state index is -0.609. The molecule has 2 aromatic heterocycles. The van der Waals surface area contributed by atoms with Crippen LogP contribution in [0.25, 0.3) is 21.9 Å². The molecule has 1 N–H and O–H groups in total. The number of nitrogens with zero attached hydrogens (tertiary/aromatic N) is 2. The summed E-state index contributed by atoms with van der Waals surface area (Å²) >= 11 is 0. The van der Waals surface area contributed by atoms with Gasteiger partial charge in [0.1, 0.15) is 34.6 Å². The Hall–Kier alpha value is -4.13. The SMILES string of the molecule is Cn1ccnc1C(NC(=O)COc1ccc2oc3ccccc3c2c1)c1cccc(F)c1. The van der Waals surface area contributed by atoms with E-state index in [0.29, 0.717) is 17.1 Å². The molecule has 2 heterocycles. The van der Waals surface area contributed by atoms with Crippen LogP contribution >= 0.6 is 0 Å². The molecule has 0 aliphatic rings. The molecule has 5 rings (SSSR count). The minimum absolute atomic E-state index is 0.197. The summed E-state index contributed by atoms with van der Waals surface area (Å²) in [6.45, 7) is -0.197. The third kappa shape index (κ3) is 3.80. The highest BCUT2D eigenvalue weighted by Crippen LogP contribution is 2.31. The number of aryl methyl sites for hydroxylation is 1. The van der Waals surface area contributed by atoms with Crippen molar-refractivity contribution < 1.29 is 18.3 Å². The van der Waals surface area contributed by atoms with Crippen LogP contribution in [-0.4, -0.2) is 22.1 Å². The van der Waals surface area contributed by atoms with Crippen molar-refractivity contribution in [3.63, 3.8) is 0 Å². The first-order chi connectivity index (χ1) is 15.6. The number of imidazole rings is 1. The van der Waals surface area contributed by atoms with Gasteiger partial charge in [0.05, 0.1) is 0 Å². The van der Waals surface area contributed by atoms with Crippen LogP contribution in [0.1, 0.15) is 17.4 Å². The van der Waals surface area contributed by atoms with Crippen molar-refractivity contribution in [2.24, 2.45) is 7.05 Å². The lowest BCUT2D eigenvalue weighted by molar-refractivity contribution is -0.123. The van der Waals surface area contributed by atoms with Gasteiger partial charge in [0.15, 0.2) is 6.61 Å². The fourth-order valence-corrected chi connectivity index (χ4v) is 3.78. The molecule has 1 atom stereocenters. The zero-order valence-corrected chi connectivity index (χ0v) is 17.3. The Labute approximate surface area is 183 Å². The van der Waals surface area contributed by atoms with Gasteiger partial charge >= 0.3 is 0 Å². The second-order valence-electron chi connectivity index (χ2n) is 7.50. The van der Waals surface area contributed by atoms with Crippen LogP contribution < -0.4 is 10.1 Å². The van der Waals surface area contributed by atoms with E-state index >= 15 is 0 Å². The van der Waals surface area contributed by atoms with E-state index in [0.717, 1.165) is 21.9 Å². The minimum Gasteiger partial charge on any atom is -0.484 e. The van der Waals surface area contributed by atoms with Crippen molar-refractivity contribution in [1.82, 2.24) is 14.9 Å². The Bertz CT molecular complexity index is 1420. The Morgan fingerprint density at radius 3 is 2.75 bits per heavy atom. The first-order valence-electron chi connectivity index (χ1n) is 10.1. The molecular weight excluding hydrogens is 409 g/mol. The molecule has 0 bridgehead atoms. The smallest absolute Gasteiger partial charge is 0.258 e. The number of hydrogen-bond donors (Lipinski definition) is 1. The second kappa shape index (κ2) is 8.19. The predicted molar refractivity (Wildman–Crippen MR) is 119 cm³/mol. The molecule has 160 valence electrons. The summed E-state index contributed by atoms with van der Waals surface area (Å²) < 4.78 is 27.2. The number of ether oxygens (including phenoxy) is 1. The highest BCUT2D eigenvalue weighted by atomic mass is 19.1. The monoisotopic (exact) mass is 429 g/mol. The summed E-state index contributed by atoms with van der Waals surface area (Å²) in [5.41, 5.74) is 2.15. The van der Waals surface area contributed by atoms with Crippen LogP contribution in [0.5, 0.6) is 5.75 Å². The normalized spacial score (nSPS) is 12.2. The summed E-state index contributed by atoms with van der Waals surface area (Å²) in [7, 11) is 1.82. The number of carbonyl (C=O) groups excluding carboxylic acids is 1. The lowest BCUT2D eigenvalue weighted by atomic mass is 10.1. The van der Waals surface area contributed by atoms with E-state index in [1.165, 1.54) is 12.1 Å². The zero-order valence-electron chi connectivity index (χ0n) is 17.3. The number of amides is 1. The zero-order chi connectivity index (χ0) is 22.1. The lowest BCUT2D eigenvalue weighted by Gasteiger charge is -2.19. The van der Waals surface area contributed by atoms with Gasteiger partial charge < -0.3 is 19.0 Å². The molecule has 1 unspecified atom stereocenters. The van der Waals surface area contributed by atoms with Gasteiger partial charge in [-0.2, -0.15) is 0 Å². The Kier molecular flexibility index (Phi) is 5.07. The van der Waals surface area contributed by atoms with Gasteiger partial charge in [0.2, 0.25) is 0 Å². The molecule has 32 heavy (non-hydrogen) atoms. The first kappa shape index (κ1) is 19.8. The number of halogens is 1. The van der Waals surface area contributed by atoms with Crippen LogP contribution in [0.4, 0.5) is 4.39 Å². The molecule has 0 fully saturated rings. The largest absolute Gasteiger partial charge is 0.484 e. The fraction of sp³-hybridized carbons (Fsp3) is 0.120. The maximum Gasteiger partial charge on any atom is 0.258 e. The third-order valence-electron chi connectivity index (χ3n) is 5.32. The van der Waals surface area contributed by atoms with E-state index in [4.69, 9.17) is 9.15 Å². The average molecular weight is 429 g/mol. The number of rotatable bonds is 6. The molecule has 5 aromatic rings. The van der Waals surface area contributed by atoms with Gasteiger partial charge in [-0.05, 0) is 42.0 Å². The number of nitrogens with one attached hydrogen (secondary N) is 1. The molecule has 1 amide bonds. The van der Waals surface area contributed by atoms with Crippen LogP contribution in [0.15, 0.2) is 83.5 Å². The maximum atomic E-state index is 13.8. The van der Waals surface area contributed by atoms with Gasteiger partial charge in [-0.3, -0.25) is 4.79 Å². The standard InChI is InChI=1S/C25H20FN3O3/c1-29-12-11-27-25(29)24(16-5-4-6-17(26)13-16)28-23(30)15-31-18-9-10-22-20(14-18)19-7-2-3-8-21(19)32-22/h2-14,24H,15H2,1H3,(H,28,30). The van der Waals surface area contributed by atoms with Gasteiger partial charge in [-0.1, -0.05) is 30.3 Å². The molecule has 0 spiro atoms. The average Bonchev–Trinajstić information content (AvgIpc) is 3.39. The second-order valence-corrected chi connectivity index (χ2v) is 7.50. The number of aromatic nitrogens is 2. The van der Waals surface area contributed by atoms with E-state index in [-0.39, 0.29) is 18.3 Å². The van der Waals surface area contributed by atoms with Crippen LogP contribution in [-0.2, 0) is 11.8 Å². The molecule has 0 aliphatic heterocycles. The molecular formula is C25H20FN3O3. The maximum absolute atomic E-state index is 13.8. The molecule has 6 nitrogen and oxygen atoms in total. The van der Waals surface area contributed by atoms with E-state index < -0.39 is 6.04 Å². The predicted octanol–water partition coefficient (Wildman–Crippen LogP) is 4.74. The highest BCUT2D eigenvalue weighted by molar-refractivity contribution is 6.05. The van der Waals surface area contributed by atoms with Crippen molar-refractivity contribution in [1.29, 1.82) is 0 Å². The number of furan rings is 1. The number of hydrogen-bond acceptors (Lipinski definition) is 4. The summed E-state index contributed by atoms with van der Waals surface area (Å²) in [5.74, 6) is 0.418. The van der Waals surface area contributed by atoms with Gasteiger partial charge in [0, 0.05) is 30.2 Å². The van der Waals surface area contributed by atoms with E-state index in [1.54, 1.807) is 35.2 Å². The Morgan fingerprint density at radius 1 is 1.09 bits per heavy atom. The summed E-state index contributed by atoms with van der Waals surface area (Å²) in [6.07, 6.45) is 3.41. The number of fused-ring (bicyclic) bond motifs is 3. The van der Waals surface area contributed by atoms with Gasteiger partial charge in [-0.15, -0.1) is 0 Å². The van der Waals surface area contributed by atoms with Crippen molar-refractivity contribution in [2.75, 3.05) is 6.61 Å². The van der Waals surface area contributed by atoms with E-state index in [2.05, 4.69) is 10.3 Å². The van der Waals surface area contributed by atoms with Gasteiger partial charge in [0.25, 0.3) is 5.91 Å². The molecule has 3 aromatic carbocycles. The summed E-state index contributed by atoms with van der Waals surface area (Å²) in [4.78, 5) is 17.1. The molecule has 0 saturated heterocycles. The van der Waals surface area contributed by atoms with Gasteiger partial charge in [-0.25, -0.2) is 9.37 Å².